The first-order valence-electron chi connectivity index (χ1n) is 6.21. The number of nitrogens with zero attached hydrogens (tertiary/aromatic N) is 1. The lowest BCUT2D eigenvalue weighted by molar-refractivity contribution is 0.807. The second kappa shape index (κ2) is 6.01. The summed E-state index contributed by atoms with van der Waals surface area (Å²) in [7, 11) is 0. The van der Waals surface area contributed by atoms with Crippen LogP contribution in [-0.4, -0.2) is 6.04 Å². The molecular formula is C16H18N2. The van der Waals surface area contributed by atoms with Gasteiger partial charge in [-0.1, -0.05) is 36.4 Å². The van der Waals surface area contributed by atoms with Crippen LogP contribution >= 0.6 is 0 Å². The number of hydrogen-bond donors (Lipinski definition) is 1. The molecule has 2 aromatic carbocycles. The minimum absolute atomic E-state index is 0.281. The summed E-state index contributed by atoms with van der Waals surface area (Å²) < 4.78 is 0. The van der Waals surface area contributed by atoms with Gasteiger partial charge in [0.1, 0.15) is 0 Å². The van der Waals surface area contributed by atoms with E-state index in [4.69, 9.17) is 0 Å². The molecular weight excluding hydrogens is 220 g/mol. The van der Waals surface area contributed by atoms with E-state index >= 15 is 0 Å². The highest BCUT2D eigenvalue weighted by molar-refractivity contribution is 5.58. The predicted molar refractivity (Wildman–Crippen MR) is 76.9 cm³/mol. The monoisotopic (exact) mass is 238 g/mol. The average Bonchev–Trinajstić information content (AvgIpc) is 2.56. The molecule has 92 valence electrons. The molecule has 2 nitrogen and oxygen atoms in total. The van der Waals surface area contributed by atoms with Gasteiger partial charge in [-0.05, 0) is 38.1 Å². The van der Waals surface area contributed by atoms with Gasteiger partial charge in [-0.3, -0.25) is 4.99 Å². The van der Waals surface area contributed by atoms with Crippen LogP contribution in [0.4, 0.5) is 11.4 Å². The molecule has 0 saturated carbocycles. The zero-order chi connectivity index (χ0) is 12.8. The van der Waals surface area contributed by atoms with E-state index in [1.165, 1.54) is 0 Å². The van der Waals surface area contributed by atoms with Crippen LogP contribution in [0.25, 0.3) is 0 Å². The van der Waals surface area contributed by atoms with Crippen LogP contribution < -0.4 is 10.7 Å². The Morgan fingerprint density at radius 2 is 1.44 bits per heavy atom. The normalized spacial score (nSPS) is 11.6. The molecule has 0 fully saturated rings. The third-order valence-corrected chi connectivity index (χ3v) is 2.47. The van der Waals surface area contributed by atoms with Crippen molar-refractivity contribution >= 4 is 11.4 Å². The molecule has 0 aliphatic heterocycles. The summed E-state index contributed by atoms with van der Waals surface area (Å²) in [6.45, 7) is 4.17. The summed E-state index contributed by atoms with van der Waals surface area (Å²) in [5.41, 5.74) is 2.10. The lowest BCUT2D eigenvalue weighted by atomic mass is 10.3. The zero-order valence-electron chi connectivity index (χ0n) is 10.8. The third kappa shape index (κ3) is 3.45. The summed E-state index contributed by atoms with van der Waals surface area (Å²) in [4.78, 5) is 4.63. The van der Waals surface area contributed by atoms with E-state index in [1.54, 1.807) is 0 Å². The van der Waals surface area contributed by atoms with Gasteiger partial charge in [-0.25, -0.2) is 0 Å². The van der Waals surface area contributed by atoms with E-state index in [0.717, 1.165) is 16.7 Å². The Morgan fingerprint density at radius 3 is 2.11 bits per heavy atom. The molecule has 18 heavy (non-hydrogen) atoms. The van der Waals surface area contributed by atoms with E-state index in [2.05, 4.69) is 24.2 Å². The molecule has 0 bridgehead atoms. The quantitative estimate of drug-likeness (QED) is 0.865. The van der Waals surface area contributed by atoms with Gasteiger partial charge in [0.2, 0.25) is 0 Å². The Bertz CT molecular complexity index is 559. The van der Waals surface area contributed by atoms with Crippen LogP contribution in [0.3, 0.4) is 0 Å². The van der Waals surface area contributed by atoms with Crippen molar-refractivity contribution in [2.24, 2.45) is 4.99 Å². The molecule has 0 aliphatic rings. The number of nitrogens with one attached hydrogen (secondary N) is 1. The van der Waals surface area contributed by atoms with Crippen molar-refractivity contribution in [1.29, 1.82) is 0 Å². The molecule has 0 aromatic heterocycles. The second-order valence-electron chi connectivity index (χ2n) is 4.42. The first-order chi connectivity index (χ1) is 8.75. The predicted octanol–water partition coefficient (Wildman–Crippen LogP) is 3.74. The Labute approximate surface area is 108 Å². The molecule has 2 aromatic rings. The maximum absolute atomic E-state index is 4.63. The van der Waals surface area contributed by atoms with Gasteiger partial charge in [0.15, 0.2) is 0 Å². The molecule has 2 heteroatoms. The Balaban J connectivity index is 2.42. The van der Waals surface area contributed by atoms with Gasteiger partial charge in [-0.15, -0.1) is 0 Å². The maximum atomic E-state index is 4.63. The minimum atomic E-state index is 0.281. The van der Waals surface area contributed by atoms with Crippen LogP contribution in [0.15, 0.2) is 65.7 Å². The van der Waals surface area contributed by atoms with Crippen molar-refractivity contribution in [2.45, 2.75) is 19.9 Å². The smallest absolute Gasteiger partial charge is 0.0812 e. The molecule has 0 atom stereocenters. The second-order valence-corrected chi connectivity index (χ2v) is 4.42. The number of para-hydroxylation sites is 1. The lowest BCUT2D eigenvalue weighted by Gasteiger charge is -2.05. The fraction of sp³-hybridized carbons (Fsp3) is 0.188. The van der Waals surface area contributed by atoms with Crippen molar-refractivity contribution in [3.05, 3.63) is 66.0 Å². The fourth-order valence-electron chi connectivity index (χ4n) is 1.71. The van der Waals surface area contributed by atoms with Gasteiger partial charge >= 0.3 is 0 Å². The van der Waals surface area contributed by atoms with Crippen LogP contribution in [0.2, 0.25) is 0 Å². The highest BCUT2D eigenvalue weighted by Crippen LogP contribution is 2.11. The van der Waals surface area contributed by atoms with Crippen molar-refractivity contribution < 1.29 is 0 Å². The van der Waals surface area contributed by atoms with E-state index in [0.29, 0.717) is 0 Å². The topological polar surface area (TPSA) is 24.4 Å². The first-order valence-corrected chi connectivity index (χ1v) is 6.21. The third-order valence-electron chi connectivity index (χ3n) is 2.47. The van der Waals surface area contributed by atoms with Gasteiger partial charge in [-0.2, -0.15) is 0 Å². The standard InChI is InChI=1S/C16H18N2/c1-13(2)17-15-11-7-4-8-12-16(15)18-14-9-5-3-6-10-14/h3-13H,1-2H3,(H,17,18). The minimum Gasteiger partial charge on any atom is -0.354 e. The van der Waals surface area contributed by atoms with Crippen molar-refractivity contribution in [1.82, 2.24) is 0 Å². The Hall–Kier alpha value is -2.09. The molecule has 0 saturated heterocycles. The van der Waals surface area contributed by atoms with Crippen LogP contribution in [0.1, 0.15) is 13.8 Å². The summed E-state index contributed by atoms with van der Waals surface area (Å²) in [6, 6.07) is 20.5. The SMILES string of the molecule is CC(C)N=c1cccccc1Nc1ccccc1. The van der Waals surface area contributed by atoms with Gasteiger partial charge in [0.05, 0.1) is 11.0 Å². The molecule has 0 radical (unpaired) electrons. The fourth-order valence-corrected chi connectivity index (χ4v) is 1.71. The van der Waals surface area contributed by atoms with E-state index in [-0.39, 0.29) is 6.04 Å². The van der Waals surface area contributed by atoms with E-state index < -0.39 is 0 Å². The molecule has 0 spiro atoms. The van der Waals surface area contributed by atoms with E-state index in [1.807, 2.05) is 60.7 Å². The van der Waals surface area contributed by atoms with Crippen molar-refractivity contribution in [2.75, 3.05) is 5.32 Å². The van der Waals surface area contributed by atoms with Crippen LogP contribution in [0.5, 0.6) is 0 Å². The van der Waals surface area contributed by atoms with Crippen molar-refractivity contribution in [3.8, 4) is 0 Å². The van der Waals surface area contributed by atoms with E-state index in [9.17, 15) is 0 Å². The van der Waals surface area contributed by atoms with Crippen LogP contribution in [0, 0.1) is 0 Å². The molecule has 0 unspecified atom stereocenters. The molecule has 0 aliphatic carbocycles. The number of benzene rings is 1. The zero-order valence-corrected chi connectivity index (χ0v) is 10.8. The summed E-state index contributed by atoms with van der Waals surface area (Å²) >= 11 is 0. The maximum Gasteiger partial charge on any atom is 0.0812 e. The van der Waals surface area contributed by atoms with Gasteiger partial charge < -0.3 is 5.32 Å². The van der Waals surface area contributed by atoms with Gasteiger partial charge in [0.25, 0.3) is 0 Å². The molecule has 1 N–H and O–H groups in total. The average molecular weight is 238 g/mol. The van der Waals surface area contributed by atoms with Gasteiger partial charge in [0, 0.05) is 11.7 Å². The number of anilines is 2. The van der Waals surface area contributed by atoms with Crippen molar-refractivity contribution in [3.63, 3.8) is 0 Å². The number of hydrogen-bond acceptors (Lipinski definition) is 2. The lowest BCUT2D eigenvalue weighted by Crippen LogP contribution is -2.09. The Kier molecular flexibility index (Phi) is 4.13. The number of rotatable bonds is 3. The highest BCUT2D eigenvalue weighted by atomic mass is 14.9. The van der Waals surface area contributed by atoms with Crippen LogP contribution in [-0.2, 0) is 0 Å². The molecule has 0 amide bonds. The highest BCUT2D eigenvalue weighted by Gasteiger charge is 1.96. The summed E-state index contributed by atoms with van der Waals surface area (Å²) in [5.74, 6) is 0. The Morgan fingerprint density at radius 1 is 0.833 bits per heavy atom. The summed E-state index contributed by atoms with van der Waals surface area (Å²) in [6.07, 6.45) is 0. The summed E-state index contributed by atoms with van der Waals surface area (Å²) in [5, 5.41) is 4.39. The molecule has 2 rings (SSSR count). The molecule has 0 heterocycles. The largest absolute Gasteiger partial charge is 0.354 e. The first kappa shape index (κ1) is 12.4.